The molecule has 0 heterocycles. The summed E-state index contributed by atoms with van der Waals surface area (Å²) in [6, 6.07) is 12.2. The first-order valence-electron chi connectivity index (χ1n) is 6.10. The van der Waals surface area contributed by atoms with E-state index in [1.54, 1.807) is 6.92 Å². The van der Waals surface area contributed by atoms with Crippen LogP contribution < -0.4 is 4.74 Å². The van der Waals surface area contributed by atoms with E-state index in [1.807, 2.05) is 31.2 Å². The average molecular weight is 309 g/mol. The lowest BCUT2D eigenvalue weighted by Crippen LogP contribution is -2.18. The van der Waals surface area contributed by atoms with Gasteiger partial charge in [0.25, 0.3) is 0 Å². The molecule has 0 spiro atoms. The number of fused-ring (bicyclic) bond motifs is 1. The molecule has 0 unspecified atom stereocenters. The number of hydrogen-bond acceptors (Lipinski definition) is 2. The molecule has 2 aromatic carbocycles. The Morgan fingerprint density at radius 1 is 1.17 bits per heavy atom. The molecule has 2 nitrogen and oxygen atoms in total. The minimum absolute atomic E-state index is 0.0116. The molecule has 0 saturated carbocycles. The number of ether oxygens (including phenoxy) is 1. The summed E-state index contributed by atoms with van der Waals surface area (Å²) in [4.78, 5) is 0. The van der Waals surface area contributed by atoms with Gasteiger partial charge < -0.3 is 9.84 Å². The van der Waals surface area contributed by atoms with E-state index in [2.05, 4.69) is 28.1 Å². The second kappa shape index (κ2) is 5.72. The van der Waals surface area contributed by atoms with Gasteiger partial charge in [0.2, 0.25) is 0 Å². The fraction of sp³-hybridized carbons (Fsp3) is 0.333. The van der Waals surface area contributed by atoms with E-state index < -0.39 is 0 Å². The van der Waals surface area contributed by atoms with Crippen molar-refractivity contribution in [2.75, 3.05) is 0 Å². The molecule has 1 N–H and O–H groups in total. The zero-order valence-corrected chi connectivity index (χ0v) is 12.1. The zero-order valence-electron chi connectivity index (χ0n) is 10.6. The topological polar surface area (TPSA) is 29.5 Å². The molecule has 3 heteroatoms. The summed E-state index contributed by atoms with van der Waals surface area (Å²) < 4.78 is 6.83. The third-order valence-electron chi connectivity index (χ3n) is 2.83. The van der Waals surface area contributed by atoms with Crippen molar-refractivity contribution in [2.45, 2.75) is 32.5 Å². The fourth-order valence-corrected chi connectivity index (χ4v) is 2.64. The van der Waals surface area contributed by atoms with Crippen LogP contribution in [0.15, 0.2) is 40.9 Å². The highest BCUT2D eigenvalue weighted by molar-refractivity contribution is 9.10. The molecule has 0 aliphatic heterocycles. The lowest BCUT2D eigenvalue weighted by molar-refractivity contribution is 0.115. The van der Waals surface area contributed by atoms with Crippen LogP contribution in [0.1, 0.15) is 20.3 Å². The van der Waals surface area contributed by atoms with Crippen LogP contribution in [0.5, 0.6) is 5.75 Å². The van der Waals surface area contributed by atoms with E-state index in [1.165, 1.54) is 5.39 Å². The number of rotatable bonds is 4. The van der Waals surface area contributed by atoms with Gasteiger partial charge in [-0.05, 0) is 46.6 Å². The Hall–Kier alpha value is -1.06. The van der Waals surface area contributed by atoms with Gasteiger partial charge in [-0.15, -0.1) is 0 Å². The van der Waals surface area contributed by atoms with E-state index in [0.29, 0.717) is 6.42 Å². The van der Waals surface area contributed by atoms with Gasteiger partial charge in [0, 0.05) is 6.42 Å². The summed E-state index contributed by atoms with van der Waals surface area (Å²) in [5.74, 6) is 0.821. The molecule has 0 radical (unpaired) electrons. The van der Waals surface area contributed by atoms with Crippen molar-refractivity contribution in [3.8, 4) is 5.75 Å². The third kappa shape index (κ3) is 3.03. The van der Waals surface area contributed by atoms with E-state index >= 15 is 0 Å². The molecular formula is C15H17BrO2. The van der Waals surface area contributed by atoms with E-state index in [9.17, 15) is 5.11 Å². The maximum Gasteiger partial charge on any atom is 0.134 e. The number of benzene rings is 2. The molecule has 18 heavy (non-hydrogen) atoms. The van der Waals surface area contributed by atoms with Crippen molar-refractivity contribution in [1.82, 2.24) is 0 Å². The lowest BCUT2D eigenvalue weighted by Gasteiger charge is -2.18. The van der Waals surface area contributed by atoms with Gasteiger partial charge in [0.1, 0.15) is 5.75 Å². The Morgan fingerprint density at radius 2 is 1.89 bits per heavy atom. The number of aliphatic hydroxyl groups excluding tert-OH is 1. The first-order chi connectivity index (χ1) is 8.58. The van der Waals surface area contributed by atoms with Crippen molar-refractivity contribution in [2.24, 2.45) is 0 Å². The van der Waals surface area contributed by atoms with Gasteiger partial charge in [-0.2, -0.15) is 0 Å². The molecule has 0 aliphatic carbocycles. The minimum atomic E-state index is -0.348. The summed E-state index contributed by atoms with van der Waals surface area (Å²) >= 11 is 3.59. The Labute approximate surface area is 116 Å². The molecular weight excluding hydrogens is 292 g/mol. The van der Waals surface area contributed by atoms with E-state index in [4.69, 9.17) is 4.74 Å². The Bertz CT molecular complexity index is 537. The largest absolute Gasteiger partial charge is 0.489 e. The highest BCUT2D eigenvalue weighted by Gasteiger charge is 2.11. The molecule has 0 amide bonds. The molecule has 2 rings (SSSR count). The highest BCUT2D eigenvalue weighted by Crippen LogP contribution is 2.33. The molecule has 2 aromatic rings. The maximum atomic E-state index is 9.35. The van der Waals surface area contributed by atoms with Crippen molar-refractivity contribution in [3.05, 3.63) is 40.9 Å². The number of hydrogen-bond donors (Lipinski definition) is 1. The van der Waals surface area contributed by atoms with Crippen LogP contribution in [0.2, 0.25) is 0 Å². The maximum absolute atomic E-state index is 9.35. The van der Waals surface area contributed by atoms with Gasteiger partial charge >= 0.3 is 0 Å². The van der Waals surface area contributed by atoms with Gasteiger partial charge in [0.15, 0.2) is 0 Å². The number of halogens is 1. The Morgan fingerprint density at radius 3 is 2.61 bits per heavy atom. The van der Waals surface area contributed by atoms with E-state index in [-0.39, 0.29) is 12.2 Å². The van der Waals surface area contributed by atoms with Crippen molar-refractivity contribution < 1.29 is 9.84 Å². The average Bonchev–Trinajstić information content (AvgIpc) is 2.32. The predicted molar refractivity (Wildman–Crippen MR) is 78.0 cm³/mol. The van der Waals surface area contributed by atoms with Gasteiger partial charge in [0.05, 0.1) is 16.7 Å². The van der Waals surface area contributed by atoms with Crippen molar-refractivity contribution >= 4 is 26.7 Å². The summed E-state index contributed by atoms with van der Waals surface area (Å²) in [6.07, 6.45) is 0.265. The zero-order chi connectivity index (χ0) is 13.1. The molecule has 2 atom stereocenters. The van der Waals surface area contributed by atoms with Crippen LogP contribution in [-0.2, 0) is 0 Å². The van der Waals surface area contributed by atoms with Crippen LogP contribution in [-0.4, -0.2) is 17.3 Å². The van der Waals surface area contributed by atoms with Crippen molar-refractivity contribution in [1.29, 1.82) is 0 Å². The second-order valence-corrected chi connectivity index (χ2v) is 5.41. The van der Waals surface area contributed by atoms with E-state index in [0.717, 1.165) is 15.6 Å². The SMILES string of the molecule is C[C@@H](O)C[C@H](C)Oc1ccc2ccccc2c1Br. The molecule has 0 saturated heterocycles. The third-order valence-corrected chi connectivity index (χ3v) is 3.65. The minimum Gasteiger partial charge on any atom is -0.489 e. The summed E-state index contributed by atoms with van der Waals surface area (Å²) in [5, 5.41) is 11.7. The van der Waals surface area contributed by atoms with Crippen LogP contribution in [0.4, 0.5) is 0 Å². The Kier molecular flexibility index (Phi) is 4.25. The van der Waals surface area contributed by atoms with Crippen molar-refractivity contribution in [3.63, 3.8) is 0 Å². The highest BCUT2D eigenvalue weighted by atomic mass is 79.9. The van der Waals surface area contributed by atoms with Gasteiger partial charge in [-0.25, -0.2) is 0 Å². The van der Waals surface area contributed by atoms with Gasteiger partial charge in [-0.1, -0.05) is 30.3 Å². The first-order valence-corrected chi connectivity index (χ1v) is 6.89. The first kappa shape index (κ1) is 13.4. The molecule has 0 bridgehead atoms. The summed E-state index contributed by atoms with van der Waals surface area (Å²) in [5.41, 5.74) is 0. The molecule has 0 fully saturated rings. The molecule has 0 aliphatic rings. The monoisotopic (exact) mass is 308 g/mol. The normalized spacial score (nSPS) is 14.4. The van der Waals surface area contributed by atoms with Crippen LogP contribution in [0.3, 0.4) is 0 Å². The molecule has 0 aromatic heterocycles. The second-order valence-electron chi connectivity index (χ2n) is 4.61. The smallest absolute Gasteiger partial charge is 0.134 e. The van der Waals surface area contributed by atoms with Gasteiger partial charge in [-0.3, -0.25) is 0 Å². The van der Waals surface area contributed by atoms with Crippen LogP contribution >= 0.6 is 15.9 Å². The fourth-order valence-electron chi connectivity index (χ4n) is 2.05. The predicted octanol–water partition coefficient (Wildman–Crippen LogP) is 4.14. The quantitative estimate of drug-likeness (QED) is 0.920. The Balaban J connectivity index is 2.26. The summed E-state index contributed by atoms with van der Waals surface area (Å²) in [6.45, 7) is 3.74. The summed E-state index contributed by atoms with van der Waals surface area (Å²) in [7, 11) is 0. The standard InChI is InChI=1S/C15H17BrO2/c1-10(17)9-11(2)18-14-8-7-12-5-3-4-6-13(12)15(14)16/h3-8,10-11,17H,9H2,1-2H3/t10-,11+/m1/s1. The number of aliphatic hydroxyl groups is 1. The lowest BCUT2D eigenvalue weighted by atomic mass is 10.1. The van der Waals surface area contributed by atoms with Crippen LogP contribution in [0, 0.1) is 0 Å². The van der Waals surface area contributed by atoms with Crippen LogP contribution in [0.25, 0.3) is 10.8 Å². The molecule has 96 valence electrons.